The number of fused-ring (bicyclic) bond motifs is 1. The number of hydrogen-bond acceptors (Lipinski definition) is 6. The zero-order valence-corrected chi connectivity index (χ0v) is 19.5. The number of hydrogen-bond donors (Lipinski definition) is 2. The van der Waals surface area contributed by atoms with Crippen LogP contribution in [0.3, 0.4) is 0 Å². The van der Waals surface area contributed by atoms with Crippen LogP contribution in [-0.2, 0) is 11.3 Å². The van der Waals surface area contributed by atoms with E-state index in [1.54, 1.807) is 23.1 Å². The van der Waals surface area contributed by atoms with Gasteiger partial charge in [-0.2, -0.15) is 5.10 Å². The van der Waals surface area contributed by atoms with Crippen LogP contribution in [0.25, 0.3) is 22.3 Å². The predicted octanol–water partition coefficient (Wildman–Crippen LogP) is 3.47. The summed E-state index contributed by atoms with van der Waals surface area (Å²) in [7, 11) is 0. The minimum Gasteiger partial charge on any atom is -0.369 e. The summed E-state index contributed by atoms with van der Waals surface area (Å²) in [6.45, 7) is 4.02. The molecule has 3 N–H and O–H groups in total. The van der Waals surface area contributed by atoms with Crippen molar-refractivity contribution in [2.24, 2.45) is 11.7 Å². The zero-order valence-electron chi connectivity index (χ0n) is 19.5. The molecule has 9 heteroatoms. The van der Waals surface area contributed by atoms with Gasteiger partial charge in [-0.15, -0.1) is 0 Å². The van der Waals surface area contributed by atoms with Crippen molar-refractivity contribution >= 4 is 34.4 Å². The molecule has 9 nitrogen and oxygen atoms in total. The van der Waals surface area contributed by atoms with E-state index in [-0.39, 0.29) is 17.7 Å². The third-order valence-electron chi connectivity index (χ3n) is 6.38. The second kappa shape index (κ2) is 9.54. The van der Waals surface area contributed by atoms with Crippen molar-refractivity contribution in [1.82, 2.24) is 19.7 Å². The topological polar surface area (TPSA) is 119 Å². The number of amides is 2. The first-order chi connectivity index (χ1) is 17.0. The molecule has 5 rings (SSSR count). The maximum Gasteiger partial charge on any atom is 0.256 e. The van der Waals surface area contributed by atoms with Gasteiger partial charge in [-0.25, -0.2) is 14.6 Å². The fourth-order valence-electron chi connectivity index (χ4n) is 4.49. The van der Waals surface area contributed by atoms with Crippen LogP contribution in [0.5, 0.6) is 0 Å². The molecule has 1 saturated heterocycles. The summed E-state index contributed by atoms with van der Waals surface area (Å²) in [5, 5.41) is 8.05. The second-order valence-electron chi connectivity index (χ2n) is 8.67. The Hall–Kier alpha value is -4.27. The third-order valence-corrected chi connectivity index (χ3v) is 6.38. The summed E-state index contributed by atoms with van der Waals surface area (Å²) in [6.07, 6.45) is 5.01. The number of benzene rings is 1. The summed E-state index contributed by atoms with van der Waals surface area (Å²) in [4.78, 5) is 36.3. The number of pyridine rings is 2. The highest BCUT2D eigenvalue weighted by molar-refractivity contribution is 6.12. The van der Waals surface area contributed by atoms with Gasteiger partial charge in [0.25, 0.3) is 5.91 Å². The van der Waals surface area contributed by atoms with E-state index in [9.17, 15) is 9.59 Å². The Bertz CT molecular complexity index is 1370. The molecule has 1 aliphatic heterocycles. The second-order valence-corrected chi connectivity index (χ2v) is 8.67. The van der Waals surface area contributed by atoms with E-state index in [1.165, 1.54) is 0 Å². The number of primary amides is 1. The summed E-state index contributed by atoms with van der Waals surface area (Å²) < 4.78 is 1.78. The fraction of sp³-hybridized carbons (Fsp3) is 0.269. The van der Waals surface area contributed by atoms with Gasteiger partial charge < -0.3 is 16.0 Å². The number of rotatable bonds is 6. The van der Waals surface area contributed by atoms with Crippen LogP contribution in [0.2, 0.25) is 0 Å². The van der Waals surface area contributed by atoms with Gasteiger partial charge in [-0.1, -0.05) is 30.3 Å². The average Bonchev–Trinajstić information content (AvgIpc) is 3.32. The van der Waals surface area contributed by atoms with Crippen molar-refractivity contribution in [2.45, 2.75) is 26.3 Å². The Kier molecular flexibility index (Phi) is 6.13. The maximum atomic E-state index is 13.3. The zero-order chi connectivity index (χ0) is 24.4. The van der Waals surface area contributed by atoms with Crippen molar-refractivity contribution in [3.05, 3.63) is 66.5 Å². The number of piperidine rings is 1. The van der Waals surface area contributed by atoms with E-state index in [4.69, 9.17) is 10.7 Å². The molecule has 0 radical (unpaired) electrons. The molecule has 0 saturated carbocycles. The first-order valence-corrected chi connectivity index (χ1v) is 11.8. The van der Waals surface area contributed by atoms with Crippen LogP contribution in [0.15, 0.2) is 60.9 Å². The van der Waals surface area contributed by atoms with Crippen LogP contribution in [0.1, 0.15) is 30.1 Å². The third kappa shape index (κ3) is 4.57. The molecule has 1 aliphatic rings. The van der Waals surface area contributed by atoms with Gasteiger partial charge in [0.15, 0.2) is 5.65 Å². The molecule has 3 aromatic heterocycles. The van der Waals surface area contributed by atoms with Gasteiger partial charge in [0, 0.05) is 25.2 Å². The Balaban J connectivity index is 1.41. The number of nitrogens with zero attached hydrogens (tertiary/aromatic N) is 5. The minimum atomic E-state index is -0.275. The quantitative estimate of drug-likeness (QED) is 0.446. The SMILES string of the molecule is CCn1ncc2c(C(=O)Nc3ccc(N4CCCC(C(N)=O)C4)nc3)cc(-c3ccccc3)nc21. The van der Waals surface area contributed by atoms with Gasteiger partial charge in [-0.05, 0) is 38.0 Å². The van der Waals surface area contributed by atoms with Gasteiger partial charge in [0.1, 0.15) is 5.82 Å². The highest BCUT2D eigenvalue weighted by Gasteiger charge is 2.25. The summed E-state index contributed by atoms with van der Waals surface area (Å²) >= 11 is 0. The van der Waals surface area contributed by atoms with E-state index in [0.29, 0.717) is 41.1 Å². The predicted molar refractivity (Wildman–Crippen MR) is 135 cm³/mol. The van der Waals surface area contributed by atoms with E-state index in [2.05, 4.69) is 20.3 Å². The molecule has 0 bridgehead atoms. The van der Waals surface area contributed by atoms with Crippen molar-refractivity contribution in [3.63, 3.8) is 0 Å². The lowest BCUT2D eigenvalue weighted by atomic mass is 9.97. The standard InChI is InChI=1S/C26H27N7O2/c1-2-33-25-21(15-29-33)20(13-22(31-25)17-7-4-3-5-8-17)26(35)30-19-10-11-23(28-14-19)32-12-6-9-18(16-32)24(27)34/h3-5,7-8,10-11,13-15,18H,2,6,9,12,16H2,1H3,(H2,27,34)(H,30,35). The van der Waals surface area contributed by atoms with Gasteiger partial charge in [-0.3, -0.25) is 9.59 Å². The van der Waals surface area contributed by atoms with Crippen molar-refractivity contribution in [1.29, 1.82) is 0 Å². The average molecular weight is 470 g/mol. The van der Waals surface area contributed by atoms with Crippen LogP contribution in [0, 0.1) is 5.92 Å². The molecule has 4 aromatic rings. The highest BCUT2D eigenvalue weighted by Crippen LogP contribution is 2.26. The molecule has 2 amide bonds. The molecule has 0 spiro atoms. The summed E-state index contributed by atoms with van der Waals surface area (Å²) in [5.74, 6) is 0.0628. The van der Waals surface area contributed by atoms with E-state index in [1.807, 2.05) is 49.4 Å². The first kappa shape index (κ1) is 22.5. The molecule has 1 aromatic carbocycles. The van der Waals surface area contributed by atoms with Crippen LogP contribution in [-0.4, -0.2) is 44.7 Å². The summed E-state index contributed by atoms with van der Waals surface area (Å²) in [6, 6.07) is 15.2. The number of nitrogens with two attached hydrogens (primary N) is 1. The Labute approximate surface area is 203 Å². The number of nitrogens with one attached hydrogen (secondary N) is 1. The lowest BCUT2D eigenvalue weighted by Crippen LogP contribution is -2.41. The number of aromatic nitrogens is 4. The number of anilines is 2. The molecule has 1 unspecified atom stereocenters. The van der Waals surface area contributed by atoms with Gasteiger partial charge >= 0.3 is 0 Å². The normalized spacial score (nSPS) is 15.8. The molecular weight excluding hydrogens is 442 g/mol. The smallest absolute Gasteiger partial charge is 0.256 e. The largest absolute Gasteiger partial charge is 0.369 e. The summed E-state index contributed by atoms with van der Waals surface area (Å²) in [5.41, 5.74) is 8.88. The van der Waals surface area contributed by atoms with Crippen molar-refractivity contribution in [3.8, 4) is 11.3 Å². The molecule has 1 fully saturated rings. The fourth-order valence-corrected chi connectivity index (χ4v) is 4.49. The molecule has 35 heavy (non-hydrogen) atoms. The first-order valence-electron chi connectivity index (χ1n) is 11.8. The van der Waals surface area contributed by atoms with E-state index < -0.39 is 0 Å². The number of carbonyl (C=O) groups is 2. The molecular formula is C26H27N7O2. The van der Waals surface area contributed by atoms with Crippen LogP contribution >= 0.6 is 0 Å². The van der Waals surface area contributed by atoms with Gasteiger partial charge in [0.05, 0.1) is 40.6 Å². The maximum absolute atomic E-state index is 13.3. The van der Waals surface area contributed by atoms with Crippen molar-refractivity contribution in [2.75, 3.05) is 23.3 Å². The molecule has 0 aliphatic carbocycles. The Morgan fingerprint density at radius 2 is 1.97 bits per heavy atom. The highest BCUT2D eigenvalue weighted by atomic mass is 16.2. The number of carbonyl (C=O) groups excluding carboxylic acids is 2. The number of aryl methyl sites for hydroxylation is 1. The van der Waals surface area contributed by atoms with Gasteiger partial charge in [0.2, 0.25) is 5.91 Å². The molecule has 1 atom stereocenters. The van der Waals surface area contributed by atoms with E-state index in [0.717, 1.165) is 30.8 Å². The lowest BCUT2D eigenvalue weighted by molar-refractivity contribution is -0.122. The van der Waals surface area contributed by atoms with Crippen molar-refractivity contribution < 1.29 is 9.59 Å². The molecule has 4 heterocycles. The minimum absolute atomic E-state index is 0.165. The van der Waals surface area contributed by atoms with Crippen LogP contribution < -0.4 is 16.0 Å². The Morgan fingerprint density at radius 1 is 1.14 bits per heavy atom. The van der Waals surface area contributed by atoms with Crippen LogP contribution in [0.4, 0.5) is 11.5 Å². The van der Waals surface area contributed by atoms with E-state index >= 15 is 0 Å². The monoisotopic (exact) mass is 469 g/mol. The lowest BCUT2D eigenvalue weighted by Gasteiger charge is -2.32. The molecule has 178 valence electrons. The Morgan fingerprint density at radius 3 is 2.69 bits per heavy atom.